The van der Waals surface area contributed by atoms with Crippen LogP contribution < -0.4 is 4.90 Å². The number of benzene rings is 1. The van der Waals surface area contributed by atoms with Gasteiger partial charge < -0.3 is 14.9 Å². The predicted molar refractivity (Wildman–Crippen MR) is 101 cm³/mol. The summed E-state index contributed by atoms with van der Waals surface area (Å²) in [4.78, 5) is 27.6. The molecule has 2 aliphatic rings. The number of aryl methyl sites for hydroxylation is 1. The number of carboxylic acid groups (broad SMARTS) is 1. The molecular formula is C20H24N4O3. The van der Waals surface area contributed by atoms with Crippen LogP contribution in [0.1, 0.15) is 46.8 Å². The van der Waals surface area contributed by atoms with Crippen molar-refractivity contribution in [3.8, 4) is 0 Å². The van der Waals surface area contributed by atoms with Gasteiger partial charge in [0.2, 0.25) is 5.91 Å². The van der Waals surface area contributed by atoms with Gasteiger partial charge >= 0.3 is 5.97 Å². The average molecular weight is 368 g/mol. The Balaban J connectivity index is 1.51. The summed E-state index contributed by atoms with van der Waals surface area (Å²) in [6.45, 7) is 3.01. The van der Waals surface area contributed by atoms with E-state index < -0.39 is 5.97 Å². The first kappa shape index (κ1) is 17.6. The Kier molecular flexibility index (Phi) is 4.59. The first-order valence-corrected chi connectivity index (χ1v) is 9.40. The third kappa shape index (κ3) is 3.41. The molecule has 1 N–H and O–H groups in total. The van der Waals surface area contributed by atoms with Crippen molar-refractivity contribution in [2.75, 3.05) is 24.5 Å². The van der Waals surface area contributed by atoms with Gasteiger partial charge in [-0.25, -0.2) is 4.79 Å². The highest BCUT2D eigenvalue weighted by Gasteiger charge is 2.31. The van der Waals surface area contributed by atoms with Crippen LogP contribution in [0.5, 0.6) is 0 Å². The third-order valence-corrected chi connectivity index (χ3v) is 5.55. The quantitative estimate of drug-likeness (QED) is 0.846. The van der Waals surface area contributed by atoms with Crippen LogP contribution >= 0.6 is 0 Å². The fourth-order valence-corrected chi connectivity index (χ4v) is 4.27. The van der Waals surface area contributed by atoms with E-state index in [1.54, 1.807) is 17.9 Å². The van der Waals surface area contributed by atoms with Crippen molar-refractivity contribution in [1.29, 1.82) is 0 Å². The van der Waals surface area contributed by atoms with Crippen LogP contribution in [-0.2, 0) is 18.4 Å². The first-order valence-electron chi connectivity index (χ1n) is 9.40. The second-order valence-electron chi connectivity index (χ2n) is 7.39. The molecule has 142 valence electrons. The lowest BCUT2D eigenvalue weighted by atomic mass is 9.98. The maximum atomic E-state index is 11.9. The summed E-state index contributed by atoms with van der Waals surface area (Å²) < 4.78 is 1.55. The molecule has 0 radical (unpaired) electrons. The summed E-state index contributed by atoms with van der Waals surface area (Å²) in [5, 5.41) is 13.5. The number of likely N-dealkylation sites (tertiary alicyclic amines) is 1. The van der Waals surface area contributed by atoms with E-state index >= 15 is 0 Å². The number of amides is 1. The van der Waals surface area contributed by atoms with Crippen molar-refractivity contribution in [3.63, 3.8) is 0 Å². The van der Waals surface area contributed by atoms with E-state index in [4.69, 9.17) is 0 Å². The Labute approximate surface area is 158 Å². The highest BCUT2D eigenvalue weighted by molar-refractivity contribution is 5.87. The van der Waals surface area contributed by atoms with Crippen molar-refractivity contribution in [1.82, 2.24) is 14.7 Å². The van der Waals surface area contributed by atoms with Gasteiger partial charge in [-0.2, -0.15) is 5.10 Å². The normalized spacial score (nSPS) is 19.0. The van der Waals surface area contributed by atoms with E-state index in [2.05, 4.69) is 22.1 Å². The lowest BCUT2D eigenvalue weighted by Gasteiger charge is -2.21. The minimum Gasteiger partial charge on any atom is -0.476 e. The number of carbonyl (C=O) groups is 2. The second-order valence-corrected chi connectivity index (χ2v) is 7.39. The number of para-hydroxylation sites is 1. The van der Waals surface area contributed by atoms with E-state index in [0.717, 1.165) is 43.7 Å². The maximum absolute atomic E-state index is 11.9. The van der Waals surface area contributed by atoms with Crippen molar-refractivity contribution >= 4 is 17.6 Å². The number of aromatic carboxylic acids is 1. The van der Waals surface area contributed by atoms with Gasteiger partial charge in [0.25, 0.3) is 0 Å². The Bertz CT molecular complexity index is 876. The minimum absolute atomic E-state index is 0.112. The van der Waals surface area contributed by atoms with Crippen molar-refractivity contribution in [2.45, 2.75) is 31.7 Å². The molecule has 0 aliphatic carbocycles. The summed E-state index contributed by atoms with van der Waals surface area (Å²) in [5.74, 6) is -0.388. The topological polar surface area (TPSA) is 78.7 Å². The number of hydrogen-bond acceptors (Lipinski definition) is 4. The molecule has 1 saturated heterocycles. The fourth-order valence-electron chi connectivity index (χ4n) is 4.27. The summed E-state index contributed by atoms with van der Waals surface area (Å²) in [5.41, 5.74) is 3.26. The third-order valence-electron chi connectivity index (χ3n) is 5.55. The molecule has 3 heterocycles. The van der Waals surface area contributed by atoms with Gasteiger partial charge in [-0.1, -0.05) is 18.2 Å². The number of aromatic nitrogens is 2. The van der Waals surface area contributed by atoms with Crippen LogP contribution in [0.4, 0.5) is 5.69 Å². The molecule has 1 amide bonds. The molecule has 1 atom stereocenters. The van der Waals surface area contributed by atoms with Gasteiger partial charge in [0, 0.05) is 63.0 Å². The second kappa shape index (κ2) is 7.06. The molecule has 0 spiro atoms. The molecule has 1 aromatic carbocycles. The minimum atomic E-state index is -0.998. The Morgan fingerprint density at radius 1 is 1.30 bits per heavy atom. The number of nitrogens with zero attached hydrogens (tertiary/aromatic N) is 4. The Morgan fingerprint density at radius 3 is 2.85 bits per heavy atom. The van der Waals surface area contributed by atoms with E-state index in [9.17, 15) is 14.7 Å². The highest BCUT2D eigenvalue weighted by atomic mass is 16.4. The molecule has 27 heavy (non-hydrogen) atoms. The van der Waals surface area contributed by atoms with Crippen molar-refractivity contribution in [2.24, 2.45) is 7.05 Å². The summed E-state index contributed by atoms with van der Waals surface area (Å²) >= 11 is 0. The zero-order chi connectivity index (χ0) is 19.0. The number of fused-ring (bicyclic) bond motifs is 1. The number of carbonyl (C=O) groups excluding carboxylic acids is 1. The van der Waals surface area contributed by atoms with E-state index in [1.807, 2.05) is 17.0 Å². The molecule has 2 aromatic rings. The molecule has 0 saturated carbocycles. The highest BCUT2D eigenvalue weighted by Crippen LogP contribution is 2.39. The molecule has 4 rings (SSSR count). The summed E-state index contributed by atoms with van der Waals surface area (Å²) in [6, 6.07) is 8.29. The van der Waals surface area contributed by atoms with Gasteiger partial charge in [0.15, 0.2) is 5.69 Å². The molecule has 2 aliphatic heterocycles. The Hall–Kier alpha value is -2.83. The molecule has 1 unspecified atom stereocenters. The first-order chi connectivity index (χ1) is 13.0. The molecule has 7 heteroatoms. The van der Waals surface area contributed by atoms with E-state index in [1.165, 1.54) is 5.56 Å². The predicted octanol–water partition coefficient (Wildman–Crippen LogP) is 2.23. The van der Waals surface area contributed by atoms with Crippen LogP contribution in [-0.4, -0.2) is 51.3 Å². The van der Waals surface area contributed by atoms with Crippen molar-refractivity contribution < 1.29 is 14.7 Å². The van der Waals surface area contributed by atoms with Crippen LogP contribution in [0.15, 0.2) is 30.5 Å². The smallest absolute Gasteiger partial charge is 0.356 e. The van der Waals surface area contributed by atoms with Gasteiger partial charge in [-0.3, -0.25) is 9.48 Å². The monoisotopic (exact) mass is 368 g/mol. The lowest BCUT2D eigenvalue weighted by Crippen LogP contribution is -2.28. The SMILES string of the molecule is Cn1cc(CN2CC(CCN3CCCC3=O)c3ccccc32)c(C(=O)O)n1. The molecular weight excluding hydrogens is 344 g/mol. The van der Waals surface area contributed by atoms with Gasteiger partial charge in [0.1, 0.15) is 0 Å². The zero-order valence-electron chi connectivity index (χ0n) is 15.5. The Morgan fingerprint density at radius 2 is 2.11 bits per heavy atom. The lowest BCUT2D eigenvalue weighted by molar-refractivity contribution is -0.127. The van der Waals surface area contributed by atoms with Gasteiger partial charge in [0.05, 0.1) is 0 Å². The van der Waals surface area contributed by atoms with Gasteiger partial charge in [-0.05, 0) is 24.5 Å². The average Bonchev–Trinajstić information content (AvgIpc) is 3.32. The van der Waals surface area contributed by atoms with Crippen LogP contribution in [0, 0.1) is 0 Å². The largest absolute Gasteiger partial charge is 0.476 e. The van der Waals surface area contributed by atoms with E-state index in [-0.39, 0.29) is 11.6 Å². The number of hydrogen-bond donors (Lipinski definition) is 1. The standard InChI is InChI=1S/C20H24N4O3/c1-22-11-15(19(21-22)20(26)27)13-24-12-14(16-5-2-3-6-17(16)24)8-10-23-9-4-7-18(23)25/h2-3,5-6,11,14H,4,7-10,12-13H2,1H3,(H,26,27). The molecule has 0 bridgehead atoms. The van der Waals surface area contributed by atoms with Crippen LogP contribution in [0.2, 0.25) is 0 Å². The van der Waals surface area contributed by atoms with E-state index in [0.29, 0.717) is 18.9 Å². The number of rotatable bonds is 6. The van der Waals surface area contributed by atoms with Crippen molar-refractivity contribution in [3.05, 3.63) is 47.3 Å². The molecule has 7 nitrogen and oxygen atoms in total. The summed E-state index contributed by atoms with van der Waals surface area (Å²) in [7, 11) is 1.74. The van der Waals surface area contributed by atoms with Crippen LogP contribution in [0.25, 0.3) is 0 Å². The maximum Gasteiger partial charge on any atom is 0.356 e. The fraction of sp³-hybridized carbons (Fsp3) is 0.450. The summed E-state index contributed by atoms with van der Waals surface area (Å²) in [6.07, 6.45) is 4.35. The number of anilines is 1. The zero-order valence-corrected chi connectivity index (χ0v) is 15.5. The van der Waals surface area contributed by atoms with Crippen LogP contribution in [0.3, 0.4) is 0 Å². The molecule has 1 fully saturated rings. The molecule has 1 aromatic heterocycles. The number of carboxylic acids is 1. The van der Waals surface area contributed by atoms with Gasteiger partial charge in [-0.15, -0.1) is 0 Å².